The maximum Gasteiger partial charge on any atom is 0.187 e. The molecule has 1 aromatic carbocycles. The summed E-state index contributed by atoms with van der Waals surface area (Å²) < 4.78 is 17.8. The van der Waals surface area contributed by atoms with Crippen molar-refractivity contribution in [2.75, 3.05) is 13.7 Å². The van der Waals surface area contributed by atoms with Crippen molar-refractivity contribution in [2.24, 2.45) is 5.10 Å². The van der Waals surface area contributed by atoms with Gasteiger partial charge in [0.25, 0.3) is 0 Å². The van der Waals surface area contributed by atoms with Crippen molar-refractivity contribution in [1.82, 2.24) is 10.7 Å². The molecule has 0 amide bonds. The Balaban J connectivity index is 2.51. The summed E-state index contributed by atoms with van der Waals surface area (Å²) in [5.74, 6) is -0.268. The average molecular weight is 283 g/mol. The molecular weight excluding hydrogens is 265 g/mol. The molecule has 0 radical (unpaired) electrons. The maximum absolute atomic E-state index is 12.8. The van der Waals surface area contributed by atoms with E-state index < -0.39 is 0 Å². The SMILES string of the molecule is COC[C@@H](C)NC(=S)N/N=C(/C)c1ccc(F)cc1. The van der Waals surface area contributed by atoms with E-state index in [1.54, 1.807) is 19.2 Å². The predicted molar refractivity (Wildman–Crippen MR) is 78.8 cm³/mol. The molecule has 1 atom stereocenters. The van der Waals surface area contributed by atoms with Gasteiger partial charge < -0.3 is 10.1 Å². The summed E-state index contributed by atoms with van der Waals surface area (Å²) in [6.07, 6.45) is 0. The summed E-state index contributed by atoms with van der Waals surface area (Å²) in [4.78, 5) is 0. The summed E-state index contributed by atoms with van der Waals surface area (Å²) in [5.41, 5.74) is 4.30. The van der Waals surface area contributed by atoms with Crippen molar-refractivity contribution in [3.63, 3.8) is 0 Å². The van der Waals surface area contributed by atoms with Crippen LogP contribution in [-0.4, -0.2) is 30.6 Å². The molecule has 0 bridgehead atoms. The van der Waals surface area contributed by atoms with Gasteiger partial charge in [-0.1, -0.05) is 12.1 Å². The highest BCUT2D eigenvalue weighted by Crippen LogP contribution is 2.03. The van der Waals surface area contributed by atoms with E-state index in [0.29, 0.717) is 11.7 Å². The second-order valence-electron chi connectivity index (χ2n) is 4.15. The number of thiocarbonyl (C=S) groups is 1. The van der Waals surface area contributed by atoms with Crippen molar-refractivity contribution in [3.8, 4) is 0 Å². The first-order chi connectivity index (χ1) is 9.02. The first kappa shape index (κ1) is 15.5. The lowest BCUT2D eigenvalue weighted by Crippen LogP contribution is -2.40. The quantitative estimate of drug-likeness (QED) is 0.493. The van der Waals surface area contributed by atoms with Crippen LogP contribution in [0.25, 0.3) is 0 Å². The largest absolute Gasteiger partial charge is 0.383 e. The zero-order valence-corrected chi connectivity index (χ0v) is 12.1. The average Bonchev–Trinajstić information content (AvgIpc) is 2.37. The number of hydrazone groups is 1. The fourth-order valence-electron chi connectivity index (χ4n) is 1.44. The third-order valence-corrected chi connectivity index (χ3v) is 2.59. The van der Waals surface area contributed by atoms with Gasteiger partial charge in [-0.15, -0.1) is 0 Å². The number of halogens is 1. The van der Waals surface area contributed by atoms with E-state index in [-0.39, 0.29) is 11.9 Å². The van der Waals surface area contributed by atoms with Gasteiger partial charge in [0.15, 0.2) is 5.11 Å². The third kappa shape index (κ3) is 5.76. The van der Waals surface area contributed by atoms with Crippen molar-refractivity contribution in [3.05, 3.63) is 35.6 Å². The number of methoxy groups -OCH3 is 1. The summed E-state index contributed by atoms with van der Waals surface area (Å²) in [7, 11) is 1.63. The molecule has 0 heterocycles. The minimum atomic E-state index is -0.268. The van der Waals surface area contributed by atoms with E-state index in [1.807, 2.05) is 13.8 Å². The fourth-order valence-corrected chi connectivity index (χ4v) is 1.68. The molecule has 0 saturated carbocycles. The normalized spacial score (nSPS) is 12.9. The van der Waals surface area contributed by atoms with Gasteiger partial charge in [0.05, 0.1) is 12.3 Å². The van der Waals surface area contributed by atoms with Crippen molar-refractivity contribution in [1.29, 1.82) is 0 Å². The molecule has 104 valence electrons. The van der Waals surface area contributed by atoms with Crippen LogP contribution in [0.4, 0.5) is 4.39 Å². The minimum Gasteiger partial charge on any atom is -0.383 e. The lowest BCUT2D eigenvalue weighted by atomic mass is 10.1. The van der Waals surface area contributed by atoms with Crippen LogP contribution >= 0.6 is 12.2 Å². The molecule has 1 rings (SSSR count). The highest BCUT2D eigenvalue weighted by molar-refractivity contribution is 7.80. The minimum absolute atomic E-state index is 0.103. The van der Waals surface area contributed by atoms with Crippen LogP contribution in [0.15, 0.2) is 29.4 Å². The number of nitrogens with one attached hydrogen (secondary N) is 2. The molecule has 4 nitrogen and oxygen atoms in total. The van der Waals surface area contributed by atoms with Crippen LogP contribution in [0.1, 0.15) is 19.4 Å². The van der Waals surface area contributed by atoms with Crippen LogP contribution < -0.4 is 10.7 Å². The lowest BCUT2D eigenvalue weighted by Gasteiger charge is -2.14. The zero-order valence-electron chi connectivity index (χ0n) is 11.2. The van der Waals surface area contributed by atoms with Crippen LogP contribution in [0.3, 0.4) is 0 Å². The molecule has 0 aliphatic heterocycles. The predicted octanol–water partition coefficient (Wildman–Crippen LogP) is 2.05. The van der Waals surface area contributed by atoms with Crippen LogP contribution in [-0.2, 0) is 4.74 Å². The summed E-state index contributed by atoms with van der Waals surface area (Å²) in [6, 6.07) is 6.23. The summed E-state index contributed by atoms with van der Waals surface area (Å²) in [5, 5.41) is 7.58. The number of hydrogen-bond acceptors (Lipinski definition) is 3. The fraction of sp³-hybridized carbons (Fsp3) is 0.385. The lowest BCUT2D eigenvalue weighted by molar-refractivity contribution is 0.179. The van der Waals surface area contributed by atoms with Gasteiger partial charge in [-0.25, -0.2) is 4.39 Å². The molecule has 2 N–H and O–H groups in total. The van der Waals surface area contributed by atoms with Crippen LogP contribution in [0.2, 0.25) is 0 Å². The van der Waals surface area contributed by atoms with Gasteiger partial charge in [0.2, 0.25) is 0 Å². The Morgan fingerprint density at radius 2 is 2.05 bits per heavy atom. The van der Waals surface area contributed by atoms with Crippen molar-refractivity contribution < 1.29 is 9.13 Å². The van der Waals surface area contributed by atoms with Crippen molar-refractivity contribution >= 4 is 23.0 Å². The molecule has 6 heteroatoms. The Kier molecular flexibility index (Phi) is 6.38. The Morgan fingerprint density at radius 3 is 2.63 bits per heavy atom. The van der Waals surface area contributed by atoms with Gasteiger partial charge in [-0.2, -0.15) is 5.10 Å². The first-order valence-electron chi connectivity index (χ1n) is 5.88. The number of ether oxygens (including phenoxy) is 1. The molecule has 0 aromatic heterocycles. The van der Waals surface area contributed by atoms with Gasteiger partial charge in [0, 0.05) is 13.2 Å². The maximum atomic E-state index is 12.8. The number of rotatable bonds is 5. The van der Waals surface area contributed by atoms with E-state index in [9.17, 15) is 4.39 Å². The first-order valence-corrected chi connectivity index (χ1v) is 6.29. The Hall–Kier alpha value is -1.53. The zero-order chi connectivity index (χ0) is 14.3. The topological polar surface area (TPSA) is 45.6 Å². The molecule has 0 fully saturated rings. The number of nitrogens with zero attached hydrogens (tertiary/aromatic N) is 1. The molecule has 0 spiro atoms. The summed E-state index contributed by atoms with van der Waals surface area (Å²) >= 11 is 5.09. The van der Waals surface area contributed by atoms with Crippen molar-refractivity contribution in [2.45, 2.75) is 19.9 Å². The van der Waals surface area contributed by atoms with E-state index in [4.69, 9.17) is 17.0 Å². The molecule has 1 aromatic rings. The highest BCUT2D eigenvalue weighted by Gasteiger charge is 2.03. The number of hydrogen-bond donors (Lipinski definition) is 2. The molecule has 19 heavy (non-hydrogen) atoms. The van der Waals surface area contributed by atoms with Gasteiger partial charge in [-0.05, 0) is 43.8 Å². The second-order valence-corrected chi connectivity index (χ2v) is 4.55. The smallest absolute Gasteiger partial charge is 0.187 e. The van der Waals surface area contributed by atoms with Crippen LogP contribution in [0, 0.1) is 5.82 Å². The van der Waals surface area contributed by atoms with Gasteiger partial charge >= 0.3 is 0 Å². The monoisotopic (exact) mass is 283 g/mol. The Morgan fingerprint density at radius 1 is 1.42 bits per heavy atom. The van der Waals surface area contributed by atoms with Gasteiger partial charge in [0.1, 0.15) is 5.82 Å². The molecule has 0 aliphatic rings. The molecule has 0 unspecified atom stereocenters. The Bertz CT molecular complexity index is 448. The standard InChI is InChI=1S/C13H18FN3OS/c1-9(8-18-3)15-13(19)17-16-10(2)11-4-6-12(14)7-5-11/h4-7,9H,8H2,1-3H3,(H2,15,17,19)/b16-10-/t9-/m1/s1. The summed E-state index contributed by atoms with van der Waals surface area (Å²) in [6.45, 7) is 4.33. The molecular formula is C13H18FN3OS. The van der Waals surface area contributed by atoms with E-state index in [2.05, 4.69) is 15.8 Å². The van der Waals surface area contributed by atoms with E-state index in [0.717, 1.165) is 11.3 Å². The van der Waals surface area contributed by atoms with Crippen LogP contribution in [0.5, 0.6) is 0 Å². The third-order valence-electron chi connectivity index (χ3n) is 2.38. The second kappa shape index (κ2) is 7.81. The van der Waals surface area contributed by atoms with E-state index >= 15 is 0 Å². The van der Waals surface area contributed by atoms with Gasteiger partial charge in [-0.3, -0.25) is 5.43 Å². The molecule has 0 aliphatic carbocycles. The molecule has 0 saturated heterocycles. The Labute approximate surface area is 118 Å². The van der Waals surface area contributed by atoms with E-state index in [1.165, 1.54) is 12.1 Å². The number of benzene rings is 1. The highest BCUT2D eigenvalue weighted by atomic mass is 32.1.